The highest BCUT2D eigenvalue weighted by Gasteiger charge is 2.54. The molecule has 2 unspecified atom stereocenters. The molecular weight excluding hydrogens is 585 g/mol. The molecule has 202 valence electrons. The van der Waals surface area contributed by atoms with E-state index in [0.29, 0.717) is 11.1 Å². The van der Waals surface area contributed by atoms with Crippen LogP contribution in [0.4, 0.5) is 13.6 Å². The van der Waals surface area contributed by atoms with Crippen molar-refractivity contribution in [2.24, 2.45) is 0 Å². The highest BCUT2D eigenvalue weighted by atomic mass is 79.9. The summed E-state index contributed by atoms with van der Waals surface area (Å²) in [5, 5.41) is 0. The molecule has 0 aromatic heterocycles. The van der Waals surface area contributed by atoms with E-state index in [1.165, 1.54) is 26.0 Å². The van der Waals surface area contributed by atoms with Gasteiger partial charge in [-0.2, -0.15) is 8.78 Å². The lowest BCUT2D eigenvalue weighted by Gasteiger charge is -2.24. The van der Waals surface area contributed by atoms with Crippen LogP contribution >= 0.6 is 23.5 Å². The van der Waals surface area contributed by atoms with Gasteiger partial charge in [-0.05, 0) is 37.5 Å². The average molecular weight is 611 g/mol. The summed E-state index contributed by atoms with van der Waals surface area (Å²) in [4.78, 5) is 34.7. The van der Waals surface area contributed by atoms with Gasteiger partial charge < -0.3 is 14.4 Å². The topological polar surface area (TPSA) is 99.1 Å². The van der Waals surface area contributed by atoms with E-state index < -0.39 is 43.8 Å². The Morgan fingerprint density at radius 3 is 2.18 bits per heavy atom. The monoisotopic (exact) mass is 610 g/mol. The summed E-state index contributed by atoms with van der Waals surface area (Å²) in [5.41, 5.74) is -3.32. The molecule has 0 saturated carbocycles. The van der Waals surface area contributed by atoms with Crippen molar-refractivity contribution in [2.75, 3.05) is 6.79 Å². The van der Waals surface area contributed by atoms with E-state index in [4.69, 9.17) is 0 Å². The summed E-state index contributed by atoms with van der Waals surface area (Å²) in [6.45, 7) is 1.87. The molecule has 0 amide bonds. The summed E-state index contributed by atoms with van der Waals surface area (Å²) in [5.74, 6) is -0.724. The molecule has 1 N–H and O–H groups in total. The van der Waals surface area contributed by atoms with Crippen LogP contribution in [0.2, 0.25) is 0 Å². The number of rotatable bonds is 11. The molecule has 3 aromatic rings. The van der Waals surface area contributed by atoms with Gasteiger partial charge in [-0.3, -0.25) is 13.9 Å². The highest BCUT2D eigenvalue weighted by molar-refractivity contribution is 9.10. The van der Waals surface area contributed by atoms with Gasteiger partial charge in [0.1, 0.15) is 0 Å². The molecule has 38 heavy (non-hydrogen) atoms. The summed E-state index contributed by atoms with van der Waals surface area (Å²) in [6, 6.07) is 21.6. The van der Waals surface area contributed by atoms with E-state index in [9.17, 15) is 19.0 Å². The third kappa shape index (κ3) is 7.35. The van der Waals surface area contributed by atoms with Crippen LogP contribution in [0.15, 0.2) is 83.3 Å². The van der Waals surface area contributed by atoms with Crippen LogP contribution in [0, 0.1) is 0 Å². The lowest BCUT2D eigenvalue weighted by molar-refractivity contribution is -0.0267. The van der Waals surface area contributed by atoms with Gasteiger partial charge in [0.25, 0.3) is 0 Å². The maximum absolute atomic E-state index is 15.0. The van der Waals surface area contributed by atoms with E-state index in [0.717, 1.165) is 11.6 Å². The van der Waals surface area contributed by atoms with E-state index in [1.807, 2.05) is 30.3 Å². The average Bonchev–Trinajstić information content (AvgIpc) is 2.87. The van der Waals surface area contributed by atoms with Crippen LogP contribution in [0.3, 0.4) is 0 Å². The van der Waals surface area contributed by atoms with Crippen molar-refractivity contribution in [3.8, 4) is 0 Å². The molecule has 0 heterocycles. The molecule has 0 saturated heterocycles. The Hall–Kier alpha value is -2.91. The van der Waals surface area contributed by atoms with Gasteiger partial charge in [0.05, 0.1) is 12.0 Å². The number of carbonyl (C=O) groups is 2. The molecule has 0 fully saturated rings. The molecule has 3 rings (SSSR count). The summed E-state index contributed by atoms with van der Waals surface area (Å²) < 4.78 is 55.7. The van der Waals surface area contributed by atoms with Crippen molar-refractivity contribution >= 4 is 35.5 Å². The minimum atomic E-state index is -5.63. The summed E-state index contributed by atoms with van der Waals surface area (Å²) in [7, 11) is -5.63. The number of ether oxygens (including phenoxy) is 2. The first-order valence-corrected chi connectivity index (χ1v) is 13.9. The molecule has 0 spiro atoms. The maximum atomic E-state index is 15.0. The molecule has 11 heteroatoms. The first kappa shape index (κ1) is 29.6. The van der Waals surface area contributed by atoms with Crippen LogP contribution in [-0.2, 0) is 30.6 Å². The van der Waals surface area contributed by atoms with Crippen molar-refractivity contribution in [1.29, 1.82) is 0 Å². The zero-order chi connectivity index (χ0) is 27.9. The second-order valence-electron chi connectivity index (χ2n) is 8.58. The molecule has 7 nitrogen and oxygen atoms in total. The molecule has 3 aromatic carbocycles. The minimum absolute atomic E-state index is 0.133. The van der Waals surface area contributed by atoms with Gasteiger partial charge in [-0.15, -0.1) is 0 Å². The van der Waals surface area contributed by atoms with Gasteiger partial charge in [-0.25, -0.2) is 4.79 Å². The van der Waals surface area contributed by atoms with Crippen molar-refractivity contribution in [3.05, 3.63) is 106 Å². The number of benzene rings is 3. The zero-order valence-electron chi connectivity index (χ0n) is 20.6. The van der Waals surface area contributed by atoms with Gasteiger partial charge in [0, 0.05) is 15.6 Å². The molecule has 0 aliphatic carbocycles. The minimum Gasteiger partial charge on any atom is -0.432 e. The fourth-order valence-electron chi connectivity index (χ4n) is 3.62. The third-order valence-electron chi connectivity index (χ3n) is 5.47. The number of carbonyl (C=O) groups excluding carboxylic acids is 2. The predicted octanol–water partition coefficient (Wildman–Crippen LogP) is 7.43. The van der Waals surface area contributed by atoms with E-state index in [-0.39, 0.29) is 16.7 Å². The fraction of sp³-hybridized carbons (Fsp3) is 0.259. The SMILES string of the molecule is CC(C)OC(=O)OCOP(=O)(O)C(F)(F)c1ccc(CC(C(=O)c2ccccc2)c2ccccc2)cc1Br. The smallest absolute Gasteiger partial charge is 0.432 e. The number of Topliss-reactive ketones (excluding diaryl/α,β-unsaturated/α-hetero) is 1. The number of ketones is 1. The quantitative estimate of drug-likeness (QED) is 0.104. The number of hydrogen-bond donors (Lipinski definition) is 1. The van der Waals surface area contributed by atoms with Gasteiger partial charge in [0.15, 0.2) is 5.78 Å². The van der Waals surface area contributed by atoms with Crippen molar-refractivity contribution in [3.63, 3.8) is 0 Å². The van der Waals surface area contributed by atoms with E-state index >= 15 is 8.78 Å². The highest BCUT2D eigenvalue weighted by Crippen LogP contribution is 2.64. The first-order chi connectivity index (χ1) is 17.9. The summed E-state index contributed by atoms with van der Waals surface area (Å²) >= 11 is 3.06. The van der Waals surface area contributed by atoms with Crippen LogP contribution in [0.5, 0.6) is 0 Å². The van der Waals surface area contributed by atoms with Gasteiger partial charge in [-0.1, -0.05) is 88.7 Å². The predicted molar refractivity (Wildman–Crippen MR) is 140 cm³/mol. The Bertz CT molecular complexity index is 1300. The van der Waals surface area contributed by atoms with E-state index in [2.05, 4.69) is 29.9 Å². The van der Waals surface area contributed by atoms with Gasteiger partial charge >= 0.3 is 19.4 Å². The first-order valence-electron chi connectivity index (χ1n) is 11.5. The Balaban J connectivity index is 1.81. The number of alkyl halides is 2. The van der Waals surface area contributed by atoms with E-state index in [1.54, 1.807) is 30.3 Å². The van der Waals surface area contributed by atoms with Gasteiger partial charge in [0.2, 0.25) is 6.79 Å². The molecule has 0 bridgehead atoms. The summed E-state index contributed by atoms with van der Waals surface area (Å²) in [6.07, 6.45) is -1.57. The second-order valence-corrected chi connectivity index (χ2v) is 11.3. The Morgan fingerprint density at radius 2 is 1.61 bits per heavy atom. The molecule has 0 aliphatic rings. The van der Waals surface area contributed by atoms with Crippen LogP contribution in [0.1, 0.15) is 46.8 Å². The standard InChI is InChI=1S/C27H26BrF2O7P/c1-18(2)37-26(32)35-17-36-38(33,34)27(29,30)23-14-13-19(16-24(23)28)15-22(20-9-5-3-6-10-20)25(31)21-11-7-4-8-12-21/h3-14,16,18,22H,15,17H2,1-2H3,(H,33,34). The van der Waals surface area contributed by atoms with Crippen LogP contribution in [-0.4, -0.2) is 29.7 Å². The third-order valence-corrected chi connectivity index (χ3v) is 7.53. The number of halogens is 3. The Labute approximate surface area is 227 Å². The largest absolute Gasteiger partial charge is 0.510 e. The molecule has 2 atom stereocenters. The van der Waals surface area contributed by atoms with Crippen LogP contribution in [0.25, 0.3) is 0 Å². The van der Waals surface area contributed by atoms with Crippen LogP contribution < -0.4 is 0 Å². The lowest BCUT2D eigenvalue weighted by atomic mass is 9.85. The molecular formula is C27H26BrF2O7P. The lowest BCUT2D eigenvalue weighted by Crippen LogP contribution is -2.20. The zero-order valence-corrected chi connectivity index (χ0v) is 23.0. The molecule has 0 radical (unpaired) electrons. The normalized spacial score (nSPS) is 14.0. The number of hydrogen-bond acceptors (Lipinski definition) is 6. The maximum Gasteiger partial charge on any atom is 0.510 e. The van der Waals surface area contributed by atoms with Crippen molar-refractivity contribution in [1.82, 2.24) is 0 Å². The second kappa shape index (κ2) is 12.8. The Morgan fingerprint density at radius 1 is 1.00 bits per heavy atom. The fourth-order valence-corrected chi connectivity index (χ4v) is 5.31. The van der Waals surface area contributed by atoms with Crippen molar-refractivity contribution < 1.29 is 41.8 Å². The van der Waals surface area contributed by atoms with Crippen molar-refractivity contribution in [2.45, 2.75) is 38.0 Å². The Kier molecular flexibility index (Phi) is 9.95. The molecule has 0 aliphatic heterocycles.